The molecule has 7 nitrogen and oxygen atoms in total. The van der Waals surface area contributed by atoms with Crippen molar-refractivity contribution in [1.29, 1.82) is 0 Å². The third kappa shape index (κ3) is 11.7. The first-order chi connectivity index (χ1) is 9.95. The van der Waals surface area contributed by atoms with E-state index in [1.165, 1.54) is 25.2 Å². The Hall–Kier alpha value is 0.166. The zero-order valence-electron chi connectivity index (χ0n) is 14.6. The second-order valence-electron chi connectivity index (χ2n) is 4.73. The molecule has 1 atom stereocenters. The number of nitrogens with one attached hydrogen (secondary N) is 1. The van der Waals surface area contributed by atoms with Crippen LogP contribution < -0.4 is 62.9 Å². The molecule has 22 heavy (non-hydrogen) atoms. The summed E-state index contributed by atoms with van der Waals surface area (Å²) in [6, 6.07) is -0.448. The Labute approximate surface area is 176 Å². The molecular formula is C14H30KN5O2. The van der Waals surface area contributed by atoms with Gasteiger partial charge in [0.05, 0.1) is 12.4 Å². The zero-order chi connectivity index (χ0) is 16.8. The van der Waals surface area contributed by atoms with E-state index >= 15 is 0 Å². The summed E-state index contributed by atoms with van der Waals surface area (Å²) in [4.78, 5) is 29.2. The maximum Gasteiger partial charge on any atom is 1.00 e. The van der Waals surface area contributed by atoms with E-state index in [1.807, 2.05) is 13.8 Å². The van der Waals surface area contributed by atoms with Crippen molar-refractivity contribution in [3.8, 4) is 0 Å². The monoisotopic (exact) mass is 339 g/mol. The van der Waals surface area contributed by atoms with Crippen molar-refractivity contribution < 1.29 is 61.0 Å². The topological polar surface area (TPSA) is 126 Å². The second kappa shape index (κ2) is 17.5. The summed E-state index contributed by atoms with van der Waals surface area (Å²) >= 11 is 0. The average molecular weight is 340 g/mol. The predicted octanol–water partition coefficient (Wildman–Crippen LogP) is -2.17. The van der Waals surface area contributed by atoms with Crippen LogP contribution >= 0.6 is 0 Å². The first-order valence-corrected chi connectivity index (χ1v) is 7.19. The molecule has 1 unspecified atom stereocenters. The van der Waals surface area contributed by atoms with Gasteiger partial charge >= 0.3 is 51.4 Å². The zero-order valence-corrected chi connectivity index (χ0v) is 17.8. The summed E-state index contributed by atoms with van der Waals surface area (Å²) in [5, 5.41) is 0. The van der Waals surface area contributed by atoms with Crippen LogP contribution in [0.3, 0.4) is 0 Å². The molecule has 0 aromatic carbocycles. The van der Waals surface area contributed by atoms with Crippen LogP contribution in [0.4, 0.5) is 0 Å². The fraction of sp³-hybridized carbons (Fsp3) is 0.786. The van der Waals surface area contributed by atoms with Crippen LogP contribution in [0.1, 0.15) is 33.6 Å². The van der Waals surface area contributed by atoms with E-state index < -0.39 is 6.04 Å². The molecule has 5 N–H and O–H groups in total. The van der Waals surface area contributed by atoms with Crippen LogP contribution in [-0.4, -0.2) is 55.7 Å². The van der Waals surface area contributed by atoms with Crippen LogP contribution in [0.5, 0.6) is 0 Å². The molecule has 0 radical (unpaired) electrons. The predicted molar refractivity (Wildman–Crippen MR) is 87.1 cm³/mol. The number of nitrogens with zero attached hydrogens (tertiary/aromatic N) is 2. The molecule has 0 aromatic heterocycles. The van der Waals surface area contributed by atoms with E-state index in [9.17, 15) is 9.59 Å². The quantitative estimate of drug-likeness (QED) is 0.214. The number of hydrogen-bond acceptors (Lipinski definition) is 4. The average Bonchev–Trinajstić information content (AvgIpc) is 2.46. The number of aliphatic imine (C=N–C) groups is 1. The van der Waals surface area contributed by atoms with Gasteiger partial charge in [-0.1, -0.05) is 13.8 Å². The Morgan fingerprint density at radius 1 is 1.32 bits per heavy atom. The van der Waals surface area contributed by atoms with Gasteiger partial charge in [0, 0.05) is 25.9 Å². The van der Waals surface area contributed by atoms with Crippen LogP contribution in [0.2, 0.25) is 0 Å². The van der Waals surface area contributed by atoms with E-state index in [-0.39, 0.29) is 75.5 Å². The van der Waals surface area contributed by atoms with Gasteiger partial charge in [-0.05, 0) is 19.9 Å². The first kappa shape index (κ1) is 27.0. The molecular weight excluding hydrogens is 309 g/mol. The SMILES string of the molecule is CC(=O)N(CC[NH-])C(CCCN=CN)C(=O)C(C)C.CN.[K+]. The molecule has 0 spiro atoms. The number of Topliss-reactive ketones (excluding diaryl/α,β-unsaturated/α-hetero) is 1. The summed E-state index contributed by atoms with van der Waals surface area (Å²) in [5.41, 5.74) is 16.9. The molecule has 0 heterocycles. The molecule has 0 saturated carbocycles. The maximum atomic E-state index is 12.2. The molecule has 0 fully saturated rings. The van der Waals surface area contributed by atoms with Crippen molar-refractivity contribution in [1.82, 2.24) is 4.90 Å². The van der Waals surface area contributed by atoms with E-state index in [0.29, 0.717) is 25.9 Å². The van der Waals surface area contributed by atoms with Gasteiger partial charge in [-0.15, -0.1) is 6.54 Å². The molecule has 8 heteroatoms. The Kier molecular flexibility index (Phi) is 21.5. The smallest absolute Gasteiger partial charge is 0.676 e. The number of nitrogens with two attached hydrogens (primary N) is 2. The van der Waals surface area contributed by atoms with Crippen molar-refractivity contribution >= 4 is 18.0 Å². The minimum atomic E-state index is -0.448. The summed E-state index contributed by atoms with van der Waals surface area (Å²) in [7, 11) is 1.50. The van der Waals surface area contributed by atoms with E-state index in [4.69, 9.17) is 11.5 Å². The molecule has 1 amide bonds. The fourth-order valence-corrected chi connectivity index (χ4v) is 1.94. The van der Waals surface area contributed by atoms with E-state index in [1.54, 1.807) is 0 Å². The normalized spacial score (nSPS) is 11.4. The van der Waals surface area contributed by atoms with Gasteiger partial charge in [0.1, 0.15) is 0 Å². The molecule has 0 aliphatic carbocycles. The van der Waals surface area contributed by atoms with Crippen molar-refractivity contribution in [2.75, 3.05) is 26.7 Å². The summed E-state index contributed by atoms with van der Waals surface area (Å²) in [5.74, 6) is -0.246. The van der Waals surface area contributed by atoms with Crippen LogP contribution in [0, 0.1) is 5.92 Å². The fourth-order valence-electron chi connectivity index (χ4n) is 1.94. The van der Waals surface area contributed by atoms with Gasteiger partial charge in [0.15, 0.2) is 5.78 Å². The number of hydrogen-bond donors (Lipinski definition) is 2. The van der Waals surface area contributed by atoms with E-state index in [0.717, 1.165) is 0 Å². The molecule has 0 saturated heterocycles. The number of carbonyl (C=O) groups excluding carboxylic acids is 2. The van der Waals surface area contributed by atoms with Gasteiger partial charge in [-0.25, -0.2) is 0 Å². The van der Waals surface area contributed by atoms with Crippen molar-refractivity contribution in [2.24, 2.45) is 22.4 Å². The third-order valence-electron chi connectivity index (χ3n) is 2.90. The number of ketones is 1. The van der Waals surface area contributed by atoms with E-state index in [2.05, 4.69) is 10.7 Å². The standard InChI is InChI=1S/C13H25N4O2.CH5N.K/c1-10(2)13(19)12(5-4-7-16-9-15)17(8-6-14)11(3)18;1-2;/h9-10,12,14H,4-8H2,1-3H3,(H2,15,16);2H2,1H3;/q-1;;+1. The summed E-state index contributed by atoms with van der Waals surface area (Å²) in [6.45, 7) is 6.03. The largest absolute Gasteiger partial charge is 1.00 e. The number of amides is 1. The minimum Gasteiger partial charge on any atom is -0.676 e. The van der Waals surface area contributed by atoms with Gasteiger partial charge in [0.25, 0.3) is 0 Å². The van der Waals surface area contributed by atoms with Crippen LogP contribution in [-0.2, 0) is 9.59 Å². The number of carbonyl (C=O) groups is 2. The molecule has 124 valence electrons. The number of rotatable bonds is 9. The maximum absolute atomic E-state index is 12.2. The Bertz CT molecular complexity index is 324. The Balaban J connectivity index is -0.00000115. The molecule has 0 aliphatic rings. The molecule has 0 bridgehead atoms. The molecule has 0 aromatic rings. The van der Waals surface area contributed by atoms with Gasteiger partial charge in [0.2, 0.25) is 5.91 Å². The molecule has 0 aliphatic heterocycles. The van der Waals surface area contributed by atoms with Crippen LogP contribution in [0.15, 0.2) is 4.99 Å². The Morgan fingerprint density at radius 2 is 1.86 bits per heavy atom. The molecule has 0 rings (SSSR count). The minimum absolute atomic E-state index is 0. The van der Waals surface area contributed by atoms with Crippen molar-refractivity contribution in [3.05, 3.63) is 5.73 Å². The Morgan fingerprint density at radius 3 is 2.23 bits per heavy atom. The second-order valence-corrected chi connectivity index (χ2v) is 4.73. The first-order valence-electron chi connectivity index (χ1n) is 7.19. The van der Waals surface area contributed by atoms with Crippen LogP contribution in [0.25, 0.3) is 5.73 Å². The van der Waals surface area contributed by atoms with Gasteiger partial charge in [-0.2, -0.15) is 0 Å². The third-order valence-corrected chi connectivity index (χ3v) is 2.90. The van der Waals surface area contributed by atoms with Crippen molar-refractivity contribution in [2.45, 2.75) is 39.7 Å². The summed E-state index contributed by atoms with van der Waals surface area (Å²) in [6.07, 6.45) is 2.50. The van der Waals surface area contributed by atoms with Crippen molar-refractivity contribution in [3.63, 3.8) is 0 Å². The van der Waals surface area contributed by atoms with Gasteiger partial charge < -0.3 is 22.1 Å². The van der Waals surface area contributed by atoms with Gasteiger partial charge in [-0.3, -0.25) is 14.6 Å². The summed E-state index contributed by atoms with van der Waals surface area (Å²) < 4.78 is 0.